The Bertz CT molecular complexity index is 353. The molecule has 2 heterocycles. The number of aromatic nitrogens is 1. The van der Waals surface area contributed by atoms with Gasteiger partial charge in [0.05, 0.1) is 0 Å². The monoisotopic (exact) mass is 219 g/mol. The van der Waals surface area contributed by atoms with Gasteiger partial charge in [-0.1, -0.05) is 13.0 Å². The van der Waals surface area contributed by atoms with Crippen LogP contribution in [0, 0.1) is 5.92 Å². The first-order valence-corrected chi connectivity index (χ1v) is 5.88. The summed E-state index contributed by atoms with van der Waals surface area (Å²) in [6, 6.07) is 3.83. The van der Waals surface area contributed by atoms with Crippen molar-refractivity contribution in [3.63, 3.8) is 0 Å². The largest absolute Gasteiger partial charge is 0.381 e. The minimum atomic E-state index is 0.105. The number of pyridine rings is 1. The molecule has 0 aliphatic carbocycles. The van der Waals surface area contributed by atoms with Gasteiger partial charge in [0.2, 0.25) is 0 Å². The molecule has 1 fully saturated rings. The Morgan fingerprint density at radius 2 is 2.19 bits per heavy atom. The van der Waals surface area contributed by atoms with E-state index in [2.05, 4.69) is 11.9 Å². The van der Waals surface area contributed by atoms with Crippen molar-refractivity contribution in [1.29, 1.82) is 0 Å². The fourth-order valence-electron chi connectivity index (χ4n) is 1.95. The second-order valence-electron chi connectivity index (χ2n) is 4.16. The summed E-state index contributed by atoms with van der Waals surface area (Å²) >= 11 is 0. The van der Waals surface area contributed by atoms with Gasteiger partial charge in [-0.05, 0) is 30.9 Å². The number of ketones is 1. The predicted octanol–water partition coefficient (Wildman–Crippen LogP) is 2.25. The second kappa shape index (κ2) is 5.21. The summed E-state index contributed by atoms with van der Waals surface area (Å²) in [6.45, 7) is 3.48. The Labute approximate surface area is 95.8 Å². The summed E-state index contributed by atoms with van der Waals surface area (Å²) in [5, 5.41) is 0. The van der Waals surface area contributed by atoms with Crippen LogP contribution in [0.4, 0.5) is 0 Å². The molecule has 0 aromatic carbocycles. The first kappa shape index (κ1) is 11.3. The molecular weight excluding hydrogens is 202 g/mol. The lowest BCUT2D eigenvalue weighted by Gasteiger charge is -2.20. The lowest BCUT2D eigenvalue weighted by molar-refractivity contribution is 0.0541. The van der Waals surface area contributed by atoms with E-state index in [1.165, 1.54) is 5.56 Å². The van der Waals surface area contributed by atoms with Crippen molar-refractivity contribution in [3.8, 4) is 0 Å². The molecule has 1 aliphatic rings. The van der Waals surface area contributed by atoms with Gasteiger partial charge in [-0.3, -0.25) is 9.78 Å². The van der Waals surface area contributed by atoms with Crippen molar-refractivity contribution in [2.24, 2.45) is 5.92 Å². The molecule has 0 amide bonds. The zero-order chi connectivity index (χ0) is 11.4. The standard InChI is InChI=1S/C13H17NO2/c1-2-10-3-4-12(14-9-10)13(15)11-5-7-16-8-6-11/h3-4,9,11H,2,5-8H2,1H3. The third kappa shape index (κ3) is 2.47. The number of ether oxygens (including phenoxy) is 1. The summed E-state index contributed by atoms with van der Waals surface area (Å²) < 4.78 is 5.25. The van der Waals surface area contributed by atoms with Crippen LogP contribution in [0.2, 0.25) is 0 Å². The van der Waals surface area contributed by atoms with E-state index in [9.17, 15) is 4.79 Å². The molecule has 0 radical (unpaired) electrons. The van der Waals surface area contributed by atoms with Crippen molar-refractivity contribution in [1.82, 2.24) is 4.98 Å². The topological polar surface area (TPSA) is 39.2 Å². The van der Waals surface area contributed by atoms with E-state index in [0.29, 0.717) is 18.9 Å². The molecule has 0 saturated carbocycles. The van der Waals surface area contributed by atoms with Crippen molar-refractivity contribution in [2.75, 3.05) is 13.2 Å². The summed E-state index contributed by atoms with van der Waals surface area (Å²) in [5.74, 6) is 0.277. The zero-order valence-corrected chi connectivity index (χ0v) is 9.61. The zero-order valence-electron chi connectivity index (χ0n) is 9.61. The second-order valence-corrected chi connectivity index (χ2v) is 4.16. The number of carbonyl (C=O) groups excluding carboxylic acids is 1. The molecule has 86 valence electrons. The Balaban J connectivity index is 2.07. The van der Waals surface area contributed by atoms with E-state index in [1.807, 2.05) is 12.1 Å². The van der Waals surface area contributed by atoms with Crippen LogP contribution < -0.4 is 0 Å². The molecule has 0 spiro atoms. The van der Waals surface area contributed by atoms with Crippen LogP contribution in [0.5, 0.6) is 0 Å². The molecule has 16 heavy (non-hydrogen) atoms. The van der Waals surface area contributed by atoms with Gasteiger partial charge in [0.15, 0.2) is 5.78 Å². The molecule has 3 nitrogen and oxygen atoms in total. The number of hydrogen-bond donors (Lipinski definition) is 0. The van der Waals surface area contributed by atoms with E-state index in [4.69, 9.17) is 4.74 Å². The number of aryl methyl sites for hydroxylation is 1. The Hall–Kier alpha value is -1.22. The minimum absolute atomic E-state index is 0.105. The van der Waals surface area contributed by atoms with Crippen molar-refractivity contribution >= 4 is 5.78 Å². The number of nitrogens with zero attached hydrogens (tertiary/aromatic N) is 1. The average Bonchev–Trinajstić information content (AvgIpc) is 2.39. The highest BCUT2D eigenvalue weighted by Gasteiger charge is 2.23. The van der Waals surface area contributed by atoms with E-state index >= 15 is 0 Å². The highest BCUT2D eigenvalue weighted by Crippen LogP contribution is 2.19. The lowest BCUT2D eigenvalue weighted by Crippen LogP contribution is -2.24. The molecule has 1 saturated heterocycles. The van der Waals surface area contributed by atoms with Gasteiger partial charge in [0, 0.05) is 25.3 Å². The van der Waals surface area contributed by atoms with Gasteiger partial charge < -0.3 is 4.74 Å². The van der Waals surface area contributed by atoms with Gasteiger partial charge in [-0.15, -0.1) is 0 Å². The Morgan fingerprint density at radius 3 is 2.75 bits per heavy atom. The molecule has 0 N–H and O–H groups in total. The lowest BCUT2D eigenvalue weighted by atomic mass is 9.93. The average molecular weight is 219 g/mol. The van der Waals surface area contributed by atoms with Crippen LogP contribution >= 0.6 is 0 Å². The van der Waals surface area contributed by atoms with E-state index in [1.54, 1.807) is 6.20 Å². The normalized spacial score (nSPS) is 17.3. The van der Waals surface area contributed by atoms with Crippen LogP contribution in [0.25, 0.3) is 0 Å². The molecule has 1 aliphatic heterocycles. The highest BCUT2D eigenvalue weighted by molar-refractivity contribution is 5.96. The molecule has 1 aromatic rings. The molecule has 0 bridgehead atoms. The van der Waals surface area contributed by atoms with Gasteiger partial charge >= 0.3 is 0 Å². The molecule has 2 rings (SSSR count). The summed E-state index contributed by atoms with van der Waals surface area (Å²) in [6.07, 6.45) is 4.41. The van der Waals surface area contributed by atoms with Crippen LogP contribution in [0.3, 0.4) is 0 Å². The van der Waals surface area contributed by atoms with Crippen LogP contribution in [0.15, 0.2) is 18.3 Å². The fraction of sp³-hybridized carbons (Fsp3) is 0.538. The van der Waals surface area contributed by atoms with Gasteiger partial charge in [-0.25, -0.2) is 0 Å². The van der Waals surface area contributed by atoms with Crippen LogP contribution in [-0.2, 0) is 11.2 Å². The van der Waals surface area contributed by atoms with Gasteiger partial charge in [0.25, 0.3) is 0 Å². The van der Waals surface area contributed by atoms with E-state index in [-0.39, 0.29) is 11.7 Å². The van der Waals surface area contributed by atoms with Crippen molar-refractivity contribution in [2.45, 2.75) is 26.2 Å². The molecule has 1 aromatic heterocycles. The molecule has 3 heteroatoms. The first-order valence-electron chi connectivity index (χ1n) is 5.88. The van der Waals surface area contributed by atoms with Crippen molar-refractivity contribution in [3.05, 3.63) is 29.6 Å². The Morgan fingerprint density at radius 1 is 1.44 bits per heavy atom. The maximum Gasteiger partial charge on any atom is 0.184 e. The van der Waals surface area contributed by atoms with Crippen LogP contribution in [0.1, 0.15) is 35.8 Å². The number of hydrogen-bond acceptors (Lipinski definition) is 3. The maximum absolute atomic E-state index is 12.1. The maximum atomic E-state index is 12.1. The predicted molar refractivity (Wildman–Crippen MR) is 61.5 cm³/mol. The summed E-state index contributed by atoms with van der Waals surface area (Å²) in [5.41, 5.74) is 1.77. The Kier molecular flexibility index (Phi) is 3.67. The number of rotatable bonds is 3. The van der Waals surface area contributed by atoms with Crippen molar-refractivity contribution < 1.29 is 9.53 Å². The smallest absolute Gasteiger partial charge is 0.184 e. The molecular formula is C13H17NO2. The first-order chi connectivity index (χ1) is 7.81. The third-order valence-corrected chi connectivity index (χ3v) is 3.08. The third-order valence-electron chi connectivity index (χ3n) is 3.08. The number of Topliss-reactive ketones (excluding diaryl/α,β-unsaturated/α-hetero) is 1. The van der Waals surface area contributed by atoms with Crippen LogP contribution in [-0.4, -0.2) is 24.0 Å². The van der Waals surface area contributed by atoms with E-state index < -0.39 is 0 Å². The van der Waals surface area contributed by atoms with Gasteiger partial charge in [0.1, 0.15) is 5.69 Å². The molecule has 0 unspecified atom stereocenters. The molecule has 0 atom stereocenters. The summed E-state index contributed by atoms with van der Waals surface area (Å²) in [7, 11) is 0. The minimum Gasteiger partial charge on any atom is -0.381 e. The fourth-order valence-corrected chi connectivity index (χ4v) is 1.95. The van der Waals surface area contributed by atoms with E-state index in [0.717, 1.165) is 19.3 Å². The summed E-state index contributed by atoms with van der Waals surface area (Å²) in [4.78, 5) is 16.3. The highest BCUT2D eigenvalue weighted by atomic mass is 16.5. The SMILES string of the molecule is CCc1ccc(C(=O)C2CCOCC2)nc1. The number of carbonyl (C=O) groups is 1. The van der Waals surface area contributed by atoms with Gasteiger partial charge in [-0.2, -0.15) is 0 Å². The quantitative estimate of drug-likeness (QED) is 0.732.